The van der Waals surface area contributed by atoms with E-state index in [4.69, 9.17) is 9.47 Å². The van der Waals surface area contributed by atoms with Gasteiger partial charge in [0.25, 0.3) is 0 Å². The molecule has 0 spiro atoms. The largest absolute Gasteiger partial charge is 1.00 e. The average molecular weight is 344 g/mol. The minimum atomic E-state index is -5.00. The van der Waals surface area contributed by atoms with Crippen LogP contribution in [0.1, 0.15) is 6.42 Å². The molecule has 0 aromatic carbocycles. The van der Waals surface area contributed by atoms with E-state index in [1.165, 1.54) is 12.0 Å². The number of urea groups is 1. The number of methoxy groups -OCH3 is 2. The molecule has 2 heterocycles. The van der Waals surface area contributed by atoms with E-state index in [2.05, 4.69) is 4.28 Å². The molecule has 0 aromatic heterocycles. The van der Waals surface area contributed by atoms with Gasteiger partial charge in [0.2, 0.25) is 10.4 Å². The van der Waals surface area contributed by atoms with E-state index in [0.717, 1.165) is 5.57 Å². The Morgan fingerprint density at radius 1 is 1.36 bits per heavy atom. The van der Waals surface area contributed by atoms with E-state index in [9.17, 15) is 17.8 Å². The van der Waals surface area contributed by atoms with Crippen molar-refractivity contribution in [1.82, 2.24) is 9.96 Å². The van der Waals surface area contributed by atoms with E-state index >= 15 is 0 Å². The molecule has 11 heteroatoms. The normalized spacial score (nSPS) is 24.3. The number of hydroxylamine groups is 2. The Hall–Kier alpha value is -0.200. The number of fused-ring (bicyclic) bond motifs is 2. The fourth-order valence-corrected chi connectivity index (χ4v) is 2.94. The Kier molecular flexibility index (Phi) is 7.27. The van der Waals surface area contributed by atoms with Crippen LogP contribution in [-0.4, -0.2) is 75.0 Å². The Morgan fingerprint density at radius 2 is 2.05 bits per heavy atom. The molecule has 2 aliphatic heterocycles. The molecule has 1 fully saturated rings. The number of carbonyl (C=O) groups excluding carboxylic acids is 1. The zero-order valence-corrected chi connectivity index (χ0v) is 15.5. The fraction of sp³-hybridized carbons (Fsp3) is 0.727. The zero-order valence-electron chi connectivity index (χ0n) is 12.7. The van der Waals surface area contributed by atoms with Gasteiger partial charge in [0.1, 0.15) is 0 Å². The zero-order chi connectivity index (χ0) is 15.6. The second-order valence-corrected chi connectivity index (χ2v) is 5.73. The molecular weight excluding hydrogens is 327 g/mol. The van der Waals surface area contributed by atoms with Crippen molar-refractivity contribution in [3.05, 3.63) is 11.6 Å². The van der Waals surface area contributed by atoms with Gasteiger partial charge in [-0.25, -0.2) is 13.2 Å². The van der Waals surface area contributed by atoms with E-state index in [1.54, 1.807) is 13.2 Å². The second kappa shape index (κ2) is 8.06. The summed E-state index contributed by atoms with van der Waals surface area (Å²) in [6.07, 6.45) is 2.30. The van der Waals surface area contributed by atoms with Gasteiger partial charge in [0.15, 0.2) is 0 Å². The molecular formula is C11H17N2NaO7S. The van der Waals surface area contributed by atoms with E-state index in [1.807, 2.05) is 0 Å². The standard InChI is InChI=1S/C11H18N2O7S.Na/c1-18-4-3-8-5-9-6-12(10(8)7-19-2)11(14)13(9)20-21(15,16)17;/h5,9-10H,3-4,6-7H2,1-2H3,(H,15,16,17);/q;+1/p-1/t9-,10+;/m0./s1. The number of hydrogen-bond acceptors (Lipinski definition) is 7. The first kappa shape index (κ1) is 19.8. The fourth-order valence-electron chi connectivity index (χ4n) is 2.57. The molecule has 0 unspecified atom stereocenters. The van der Waals surface area contributed by atoms with Crippen LogP contribution < -0.4 is 29.6 Å². The molecule has 0 aliphatic carbocycles. The van der Waals surface area contributed by atoms with Gasteiger partial charge in [-0.2, -0.15) is 9.35 Å². The van der Waals surface area contributed by atoms with Crippen molar-refractivity contribution in [3.63, 3.8) is 0 Å². The molecule has 22 heavy (non-hydrogen) atoms. The molecule has 0 N–H and O–H groups in total. The second-order valence-electron chi connectivity index (χ2n) is 4.77. The molecule has 0 saturated carbocycles. The first-order valence-corrected chi connectivity index (χ1v) is 7.64. The summed E-state index contributed by atoms with van der Waals surface area (Å²) >= 11 is 0. The predicted molar refractivity (Wildman–Crippen MR) is 68.8 cm³/mol. The van der Waals surface area contributed by atoms with Crippen molar-refractivity contribution < 1.29 is 61.1 Å². The summed E-state index contributed by atoms with van der Waals surface area (Å²) < 4.78 is 46.6. The summed E-state index contributed by atoms with van der Waals surface area (Å²) in [5, 5.41) is 0.602. The Bertz CT molecular complexity index is 539. The van der Waals surface area contributed by atoms with Gasteiger partial charge in [0.05, 0.1) is 18.7 Å². The number of hydrogen-bond donors (Lipinski definition) is 0. The minimum Gasteiger partial charge on any atom is -0.724 e. The van der Waals surface area contributed by atoms with Crippen LogP contribution in [0, 0.1) is 0 Å². The van der Waals surface area contributed by atoms with Crippen LogP contribution in [0.25, 0.3) is 0 Å². The smallest absolute Gasteiger partial charge is 0.724 e. The van der Waals surface area contributed by atoms with Crippen LogP contribution in [0.4, 0.5) is 4.79 Å². The first-order chi connectivity index (χ1) is 9.87. The Balaban J connectivity index is 0.00000242. The maximum absolute atomic E-state index is 12.2. The van der Waals surface area contributed by atoms with Gasteiger partial charge in [-0.15, -0.1) is 0 Å². The van der Waals surface area contributed by atoms with Crippen molar-refractivity contribution in [2.75, 3.05) is 34.0 Å². The summed E-state index contributed by atoms with van der Waals surface area (Å²) in [6.45, 7) is 0.979. The quantitative estimate of drug-likeness (QED) is 0.204. The third-order valence-corrected chi connectivity index (χ3v) is 3.76. The average Bonchev–Trinajstić information content (AvgIpc) is 2.64. The van der Waals surface area contributed by atoms with Crippen LogP contribution in [0.15, 0.2) is 11.6 Å². The van der Waals surface area contributed by atoms with Gasteiger partial charge in [-0.1, -0.05) is 6.08 Å². The van der Waals surface area contributed by atoms with Crippen LogP contribution in [0.5, 0.6) is 0 Å². The molecule has 2 amide bonds. The van der Waals surface area contributed by atoms with E-state index < -0.39 is 22.5 Å². The predicted octanol–water partition coefficient (Wildman–Crippen LogP) is -3.52. The van der Waals surface area contributed by atoms with Gasteiger partial charge < -0.3 is 18.9 Å². The maximum Gasteiger partial charge on any atom is 1.00 e. The maximum atomic E-state index is 12.2. The van der Waals surface area contributed by atoms with Gasteiger partial charge in [-0.05, 0) is 12.0 Å². The number of carbonyl (C=O) groups is 1. The third kappa shape index (κ3) is 4.42. The molecule has 1 saturated heterocycles. The van der Waals surface area contributed by atoms with E-state index in [0.29, 0.717) is 18.1 Å². The monoisotopic (exact) mass is 344 g/mol. The number of amides is 2. The van der Waals surface area contributed by atoms with Gasteiger partial charge in [-0.3, -0.25) is 0 Å². The first-order valence-electron chi connectivity index (χ1n) is 6.31. The molecule has 0 aromatic rings. The Labute approximate surface area is 151 Å². The van der Waals surface area contributed by atoms with Crippen LogP contribution in [0.3, 0.4) is 0 Å². The van der Waals surface area contributed by atoms with Crippen LogP contribution in [0.2, 0.25) is 0 Å². The molecule has 2 atom stereocenters. The van der Waals surface area contributed by atoms with Crippen molar-refractivity contribution in [2.24, 2.45) is 0 Å². The third-order valence-electron chi connectivity index (χ3n) is 3.42. The van der Waals surface area contributed by atoms with E-state index in [-0.39, 0.29) is 48.8 Å². The molecule has 2 bridgehead atoms. The molecule has 2 rings (SSSR count). The summed E-state index contributed by atoms with van der Waals surface area (Å²) in [6, 6.07) is -1.59. The Morgan fingerprint density at radius 3 is 2.59 bits per heavy atom. The van der Waals surface area contributed by atoms with Gasteiger partial charge in [0, 0.05) is 27.4 Å². The topological polar surface area (TPSA) is 108 Å². The van der Waals surface area contributed by atoms with Gasteiger partial charge >= 0.3 is 35.6 Å². The van der Waals surface area contributed by atoms with Crippen molar-refractivity contribution in [1.29, 1.82) is 0 Å². The van der Waals surface area contributed by atoms with Crippen LogP contribution >= 0.6 is 0 Å². The van der Waals surface area contributed by atoms with Crippen molar-refractivity contribution in [3.8, 4) is 0 Å². The number of nitrogens with zero attached hydrogens (tertiary/aromatic N) is 2. The summed E-state index contributed by atoms with van der Waals surface area (Å²) in [5.74, 6) is 0. The van der Waals surface area contributed by atoms with Crippen LogP contribution in [-0.2, 0) is 24.2 Å². The SMILES string of the molecule is COCCC1=C[C@H]2CN(C(=O)N2OS(=O)(=O)[O-])[C@@H]1COC.[Na+]. The molecule has 2 aliphatic rings. The molecule has 120 valence electrons. The number of ether oxygens (including phenoxy) is 2. The molecule has 9 nitrogen and oxygen atoms in total. The summed E-state index contributed by atoms with van der Waals surface area (Å²) in [7, 11) is -1.93. The van der Waals surface area contributed by atoms with Crippen molar-refractivity contribution in [2.45, 2.75) is 18.5 Å². The minimum absolute atomic E-state index is 0. The van der Waals surface area contributed by atoms with Crippen molar-refractivity contribution >= 4 is 16.4 Å². The summed E-state index contributed by atoms with van der Waals surface area (Å²) in [4.78, 5) is 13.6. The summed E-state index contributed by atoms with van der Waals surface area (Å²) in [5.41, 5.74) is 0.887. The number of rotatable bonds is 7. The molecule has 0 radical (unpaired) electrons.